The molecule has 2 heterocycles. The number of aromatic nitrogens is 4. The molecule has 1 amide bonds. The number of hydrogen-bond donors (Lipinski definition) is 1. The lowest BCUT2D eigenvalue weighted by atomic mass is 10.1. The van der Waals surface area contributed by atoms with Crippen molar-refractivity contribution in [1.29, 1.82) is 0 Å². The fourth-order valence-corrected chi connectivity index (χ4v) is 3.45. The van der Waals surface area contributed by atoms with E-state index in [4.69, 9.17) is 0 Å². The van der Waals surface area contributed by atoms with E-state index in [1.54, 1.807) is 12.4 Å². The zero-order valence-electron chi connectivity index (χ0n) is 15.7. The molecule has 0 saturated heterocycles. The molecule has 140 valence electrons. The molecule has 2 aromatic heterocycles. The largest absolute Gasteiger partial charge is 0.349 e. The van der Waals surface area contributed by atoms with Crippen molar-refractivity contribution < 1.29 is 4.79 Å². The number of hydrogen-bond acceptors (Lipinski definition) is 5. The Balaban J connectivity index is 1.57. The number of rotatable bonds is 7. The summed E-state index contributed by atoms with van der Waals surface area (Å²) in [7, 11) is 1.90. The molecule has 0 aliphatic rings. The normalized spacial score (nSPS) is 12.0. The SMILES string of the molecule is CCc1ccc([C@H](C)NC(=O)CSc2nnc(-c3ccncc3)n2C)cc1. The number of carbonyl (C=O) groups is 1. The Bertz CT molecular complexity index is 892. The van der Waals surface area contributed by atoms with E-state index in [9.17, 15) is 4.79 Å². The van der Waals surface area contributed by atoms with E-state index in [-0.39, 0.29) is 11.9 Å². The van der Waals surface area contributed by atoms with Crippen LogP contribution in [-0.4, -0.2) is 31.4 Å². The van der Waals surface area contributed by atoms with E-state index < -0.39 is 0 Å². The van der Waals surface area contributed by atoms with Crippen molar-refractivity contribution in [2.24, 2.45) is 7.05 Å². The van der Waals surface area contributed by atoms with Crippen molar-refractivity contribution in [3.8, 4) is 11.4 Å². The van der Waals surface area contributed by atoms with Crippen molar-refractivity contribution in [3.05, 3.63) is 59.9 Å². The highest BCUT2D eigenvalue weighted by atomic mass is 32.2. The zero-order valence-corrected chi connectivity index (χ0v) is 16.5. The minimum atomic E-state index is -0.0316. The fraction of sp³-hybridized carbons (Fsp3) is 0.300. The molecule has 0 spiro atoms. The molecule has 0 radical (unpaired) electrons. The second-order valence-corrected chi connectivity index (χ2v) is 7.22. The van der Waals surface area contributed by atoms with Crippen LogP contribution in [0.5, 0.6) is 0 Å². The summed E-state index contributed by atoms with van der Waals surface area (Å²) in [5, 5.41) is 12.2. The van der Waals surface area contributed by atoms with Gasteiger partial charge < -0.3 is 9.88 Å². The summed E-state index contributed by atoms with van der Waals surface area (Å²) in [6, 6.07) is 12.1. The van der Waals surface area contributed by atoms with Crippen LogP contribution in [0, 0.1) is 0 Å². The Morgan fingerprint density at radius 1 is 1.15 bits per heavy atom. The van der Waals surface area contributed by atoms with Gasteiger partial charge in [-0.15, -0.1) is 10.2 Å². The molecule has 7 heteroatoms. The molecule has 27 heavy (non-hydrogen) atoms. The summed E-state index contributed by atoms with van der Waals surface area (Å²) < 4.78 is 1.89. The number of thioether (sulfide) groups is 1. The number of nitrogens with zero attached hydrogens (tertiary/aromatic N) is 4. The Morgan fingerprint density at radius 3 is 2.52 bits per heavy atom. The molecule has 3 aromatic rings. The predicted octanol–water partition coefficient (Wildman–Crippen LogP) is 3.41. The standard InChI is InChI=1S/C20H23N5OS/c1-4-15-5-7-16(8-6-15)14(2)22-18(26)13-27-20-24-23-19(25(20)3)17-9-11-21-12-10-17/h5-12,14H,4,13H2,1-3H3,(H,22,26)/t14-/m0/s1. The van der Waals surface area contributed by atoms with Gasteiger partial charge in [0.1, 0.15) is 0 Å². The van der Waals surface area contributed by atoms with Gasteiger partial charge >= 0.3 is 0 Å². The van der Waals surface area contributed by atoms with E-state index in [2.05, 4.69) is 51.7 Å². The first-order valence-corrected chi connectivity index (χ1v) is 9.87. The fourth-order valence-electron chi connectivity index (χ4n) is 2.73. The van der Waals surface area contributed by atoms with Crippen LogP contribution >= 0.6 is 11.8 Å². The highest BCUT2D eigenvalue weighted by molar-refractivity contribution is 7.99. The van der Waals surface area contributed by atoms with Crippen LogP contribution in [0.1, 0.15) is 31.0 Å². The van der Waals surface area contributed by atoms with Crippen LogP contribution < -0.4 is 5.32 Å². The van der Waals surface area contributed by atoms with Gasteiger partial charge in [-0.2, -0.15) is 0 Å². The van der Waals surface area contributed by atoms with Crippen LogP contribution in [0.2, 0.25) is 0 Å². The van der Waals surface area contributed by atoms with Crippen LogP contribution in [0.15, 0.2) is 53.9 Å². The highest BCUT2D eigenvalue weighted by Crippen LogP contribution is 2.22. The molecular weight excluding hydrogens is 358 g/mol. The van der Waals surface area contributed by atoms with Crippen LogP contribution in [0.4, 0.5) is 0 Å². The Hall–Kier alpha value is -2.67. The van der Waals surface area contributed by atoms with E-state index >= 15 is 0 Å². The van der Waals surface area contributed by atoms with Crippen molar-refractivity contribution in [3.63, 3.8) is 0 Å². The average Bonchev–Trinajstić information content (AvgIpc) is 3.07. The lowest BCUT2D eigenvalue weighted by Gasteiger charge is -2.14. The summed E-state index contributed by atoms with van der Waals surface area (Å²) in [5.74, 6) is 1.02. The van der Waals surface area contributed by atoms with Crippen LogP contribution in [0.25, 0.3) is 11.4 Å². The average molecular weight is 382 g/mol. The monoisotopic (exact) mass is 381 g/mol. The second kappa shape index (κ2) is 8.81. The van der Waals surface area contributed by atoms with E-state index in [0.717, 1.165) is 23.4 Å². The van der Waals surface area contributed by atoms with Gasteiger partial charge in [-0.3, -0.25) is 9.78 Å². The Kier molecular flexibility index (Phi) is 6.24. The van der Waals surface area contributed by atoms with Gasteiger partial charge in [-0.25, -0.2) is 0 Å². The molecule has 0 fully saturated rings. The van der Waals surface area contributed by atoms with Crippen LogP contribution in [-0.2, 0) is 18.3 Å². The molecular formula is C20H23N5OS. The molecule has 1 aromatic carbocycles. The minimum absolute atomic E-state index is 0.0273. The summed E-state index contributed by atoms with van der Waals surface area (Å²) in [4.78, 5) is 16.3. The maximum absolute atomic E-state index is 12.3. The maximum atomic E-state index is 12.3. The number of carbonyl (C=O) groups excluding carboxylic acids is 1. The maximum Gasteiger partial charge on any atom is 0.230 e. The summed E-state index contributed by atoms with van der Waals surface area (Å²) in [6.45, 7) is 4.12. The molecule has 0 aliphatic heterocycles. The van der Waals surface area contributed by atoms with Crippen molar-refractivity contribution in [2.75, 3.05) is 5.75 Å². The summed E-state index contributed by atoms with van der Waals surface area (Å²) >= 11 is 1.38. The minimum Gasteiger partial charge on any atom is -0.349 e. The summed E-state index contributed by atoms with van der Waals surface area (Å²) in [6.07, 6.45) is 4.45. The molecule has 0 saturated carbocycles. The molecule has 0 unspecified atom stereocenters. The number of pyridine rings is 1. The number of aryl methyl sites for hydroxylation is 1. The predicted molar refractivity (Wildman–Crippen MR) is 107 cm³/mol. The molecule has 1 atom stereocenters. The van der Waals surface area contributed by atoms with Crippen molar-refractivity contribution in [2.45, 2.75) is 31.5 Å². The Labute approximate surface area is 163 Å². The third kappa shape index (κ3) is 4.74. The number of benzene rings is 1. The third-order valence-electron chi connectivity index (χ3n) is 4.37. The van der Waals surface area contributed by atoms with Gasteiger partial charge in [0.15, 0.2) is 11.0 Å². The van der Waals surface area contributed by atoms with E-state index in [0.29, 0.717) is 10.9 Å². The van der Waals surface area contributed by atoms with Crippen LogP contribution in [0.3, 0.4) is 0 Å². The molecule has 0 aliphatic carbocycles. The Morgan fingerprint density at radius 2 is 1.85 bits per heavy atom. The smallest absolute Gasteiger partial charge is 0.230 e. The topological polar surface area (TPSA) is 72.7 Å². The highest BCUT2D eigenvalue weighted by Gasteiger charge is 2.14. The van der Waals surface area contributed by atoms with Gasteiger partial charge in [0.2, 0.25) is 5.91 Å². The summed E-state index contributed by atoms with van der Waals surface area (Å²) in [5.41, 5.74) is 3.34. The van der Waals surface area contributed by atoms with E-state index in [1.807, 2.05) is 30.7 Å². The van der Waals surface area contributed by atoms with Gasteiger partial charge in [-0.05, 0) is 36.6 Å². The molecule has 6 nitrogen and oxygen atoms in total. The first-order chi connectivity index (χ1) is 13.1. The van der Waals surface area contributed by atoms with E-state index in [1.165, 1.54) is 17.3 Å². The number of amides is 1. The van der Waals surface area contributed by atoms with Crippen molar-refractivity contribution >= 4 is 17.7 Å². The molecule has 0 bridgehead atoms. The van der Waals surface area contributed by atoms with Crippen molar-refractivity contribution in [1.82, 2.24) is 25.1 Å². The lowest BCUT2D eigenvalue weighted by molar-refractivity contribution is -0.119. The van der Waals surface area contributed by atoms with Gasteiger partial charge in [-0.1, -0.05) is 43.0 Å². The first kappa shape index (κ1) is 19.1. The number of nitrogens with one attached hydrogen (secondary N) is 1. The second-order valence-electron chi connectivity index (χ2n) is 6.27. The van der Waals surface area contributed by atoms with Gasteiger partial charge in [0.25, 0.3) is 0 Å². The first-order valence-electron chi connectivity index (χ1n) is 8.89. The van der Waals surface area contributed by atoms with Gasteiger partial charge in [0, 0.05) is 25.0 Å². The molecule has 3 rings (SSSR count). The van der Waals surface area contributed by atoms with Gasteiger partial charge in [0.05, 0.1) is 11.8 Å². The molecule has 1 N–H and O–H groups in total. The lowest BCUT2D eigenvalue weighted by Crippen LogP contribution is -2.28. The quantitative estimate of drug-likeness (QED) is 0.635. The third-order valence-corrected chi connectivity index (χ3v) is 5.39. The zero-order chi connectivity index (χ0) is 19.2.